The topological polar surface area (TPSA) is 79.0 Å². The van der Waals surface area contributed by atoms with E-state index in [4.69, 9.17) is 0 Å². The van der Waals surface area contributed by atoms with Gasteiger partial charge < -0.3 is 0 Å². The molecule has 0 bridgehead atoms. The summed E-state index contributed by atoms with van der Waals surface area (Å²) in [6.45, 7) is 2.25. The summed E-state index contributed by atoms with van der Waals surface area (Å²) in [5.41, 5.74) is 1.51. The summed E-state index contributed by atoms with van der Waals surface area (Å²) < 4.78 is 27.0. The third-order valence-electron chi connectivity index (χ3n) is 3.64. The van der Waals surface area contributed by atoms with Gasteiger partial charge in [-0.15, -0.1) is 0 Å². The third kappa shape index (κ3) is 2.12. The lowest BCUT2D eigenvalue weighted by molar-refractivity contribution is 0.396. The van der Waals surface area contributed by atoms with Crippen LogP contribution in [0, 0.1) is 6.92 Å². The van der Waals surface area contributed by atoms with Crippen LogP contribution in [-0.2, 0) is 10.0 Å². The van der Waals surface area contributed by atoms with Gasteiger partial charge >= 0.3 is 0 Å². The maximum absolute atomic E-state index is 12.7. The smallest absolute Gasteiger partial charge is 0.247 e. The van der Waals surface area contributed by atoms with Gasteiger partial charge in [0.25, 0.3) is 0 Å². The van der Waals surface area contributed by atoms with Crippen molar-refractivity contribution in [2.24, 2.45) is 0 Å². The molecule has 1 unspecified atom stereocenters. The van der Waals surface area contributed by atoms with Crippen LogP contribution < -0.4 is 0 Å². The number of hydrogen-bond acceptors (Lipinski definition) is 4. The Hall–Kier alpha value is -1.73. The van der Waals surface area contributed by atoms with Crippen LogP contribution in [-0.4, -0.2) is 34.4 Å². The largest absolute Gasteiger partial charge is 0.281 e. The van der Waals surface area contributed by atoms with Crippen molar-refractivity contribution in [1.82, 2.24) is 19.5 Å². The van der Waals surface area contributed by atoms with Gasteiger partial charge in [0.2, 0.25) is 10.0 Å². The van der Waals surface area contributed by atoms with Crippen molar-refractivity contribution in [2.75, 3.05) is 6.54 Å². The Balaban J connectivity index is 1.99. The van der Waals surface area contributed by atoms with Crippen LogP contribution in [0.5, 0.6) is 0 Å². The number of pyridine rings is 1. The van der Waals surface area contributed by atoms with Crippen LogP contribution in [0.15, 0.2) is 35.6 Å². The molecule has 1 aliphatic rings. The second-order valence-corrected chi connectivity index (χ2v) is 6.78. The summed E-state index contributed by atoms with van der Waals surface area (Å²) in [4.78, 5) is 4.34. The second kappa shape index (κ2) is 4.99. The minimum Gasteiger partial charge on any atom is -0.281 e. The standard InChI is InChI=1S/C13H16N4O2S/c1-10-13(9-15-16-10)20(18,19)17-7-3-5-12(17)11-4-2-6-14-8-11/h2,4,6,8-9,12H,3,5,7H2,1H3,(H,15,16). The lowest BCUT2D eigenvalue weighted by Gasteiger charge is -2.23. The molecule has 0 aromatic carbocycles. The molecule has 2 aromatic heterocycles. The van der Waals surface area contributed by atoms with Gasteiger partial charge in [-0.2, -0.15) is 9.40 Å². The number of nitrogens with zero attached hydrogens (tertiary/aromatic N) is 3. The number of H-pyrrole nitrogens is 1. The van der Waals surface area contributed by atoms with Crippen molar-refractivity contribution in [3.05, 3.63) is 42.0 Å². The van der Waals surface area contributed by atoms with Crippen molar-refractivity contribution in [1.29, 1.82) is 0 Å². The number of aromatic amines is 1. The molecule has 106 valence electrons. The molecular weight excluding hydrogens is 276 g/mol. The van der Waals surface area contributed by atoms with Crippen LogP contribution in [0.3, 0.4) is 0 Å². The first-order valence-electron chi connectivity index (χ1n) is 6.52. The highest BCUT2D eigenvalue weighted by Crippen LogP contribution is 2.36. The molecule has 0 aliphatic carbocycles. The first kappa shape index (κ1) is 13.3. The highest BCUT2D eigenvalue weighted by atomic mass is 32.2. The van der Waals surface area contributed by atoms with E-state index in [1.165, 1.54) is 6.20 Å². The average Bonchev–Trinajstić information content (AvgIpc) is 3.08. The molecule has 1 atom stereocenters. The van der Waals surface area contributed by atoms with Gasteiger partial charge in [0.15, 0.2) is 0 Å². The number of aromatic nitrogens is 3. The Kier molecular flexibility index (Phi) is 3.31. The van der Waals surface area contributed by atoms with Gasteiger partial charge in [0.05, 0.1) is 17.9 Å². The van der Waals surface area contributed by atoms with Gasteiger partial charge in [-0.1, -0.05) is 6.07 Å². The first-order chi connectivity index (χ1) is 9.60. The zero-order valence-electron chi connectivity index (χ0n) is 11.2. The van der Waals surface area contributed by atoms with E-state index in [0.717, 1.165) is 18.4 Å². The van der Waals surface area contributed by atoms with Crippen LogP contribution in [0.4, 0.5) is 0 Å². The minimum absolute atomic E-state index is 0.136. The quantitative estimate of drug-likeness (QED) is 0.932. The van der Waals surface area contributed by atoms with Crippen LogP contribution in [0.25, 0.3) is 0 Å². The predicted molar refractivity (Wildman–Crippen MR) is 73.4 cm³/mol. The van der Waals surface area contributed by atoms with Gasteiger partial charge in [-0.25, -0.2) is 8.42 Å². The Morgan fingerprint density at radius 1 is 1.40 bits per heavy atom. The van der Waals surface area contributed by atoms with Crippen molar-refractivity contribution < 1.29 is 8.42 Å². The molecule has 2 aromatic rings. The molecule has 0 radical (unpaired) electrons. The fourth-order valence-corrected chi connectivity index (χ4v) is 4.46. The minimum atomic E-state index is -3.51. The number of rotatable bonds is 3. The summed E-state index contributed by atoms with van der Waals surface area (Å²) in [7, 11) is -3.51. The van der Waals surface area contributed by atoms with E-state index in [1.807, 2.05) is 12.1 Å². The Labute approximate surface area is 117 Å². The maximum Gasteiger partial charge on any atom is 0.247 e. The summed E-state index contributed by atoms with van der Waals surface area (Å²) in [6, 6.07) is 3.62. The molecule has 1 N–H and O–H groups in total. The zero-order valence-corrected chi connectivity index (χ0v) is 12.0. The molecule has 20 heavy (non-hydrogen) atoms. The third-order valence-corrected chi connectivity index (χ3v) is 5.67. The van der Waals surface area contributed by atoms with Gasteiger partial charge in [-0.05, 0) is 31.4 Å². The van der Waals surface area contributed by atoms with Crippen molar-refractivity contribution in [2.45, 2.75) is 30.7 Å². The lowest BCUT2D eigenvalue weighted by Crippen LogP contribution is -2.31. The average molecular weight is 292 g/mol. The second-order valence-electron chi connectivity index (χ2n) is 4.92. The summed E-state index contributed by atoms with van der Waals surface area (Å²) in [5, 5.41) is 6.50. The molecular formula is C13H16N4O2S. The van der Waals surface area contributed by atoms with E-state index in [0.29, 0.717) is 12.2 Å². The number of aryl methyl sites for hydroxylation is 1. The zero-order chi connectivity index (χ0) is 14.2. The van der Waals surface area contributed by atoms with Crippen LogP contribution in [0.2, 0.25) is 0 Å². The number of nitrogens with one attached hydrogen (secondary N) is 1. The first-order valence-corrected chi connectivity index (χ1v) is 7.96. The summed E-state index contributed by atoms with van der Waals surface area (Å²) in [6.07, 6.45) is 6.49. The molecule has 1 aliphatic heterocycles. The van der Waals surface area contributed by atoms with E-state index < -0.39 is 10.0 Å². The molecule has 0 spiro atoms. The van der Waals surface area contributed by atoms with E-state index in [1.54, 1.807) is 23.6 Å². The number of sulfonamides is 1. The van der Waals surface area contributed by atoms with Crippen molar-refractivity contribution in [3.8, 4) is 0 Å². The SMILES string of the molecule is Cc1[nH]ncc1S(=O)(=O)N1CCCC1c1cccnc1. The molecule has 3 rings (SSSR count). The molecule has 3 heterocycles. The molecule has 1 saturated heterocycles. The number of hydrogen-bond donors (Lipinski definition) is 1. The fourth-order valence-electron chi connectivity index (χ4n) is 2.66. The maximum atomic E-state index is 12.7. The van der Waals surface area contributed by atoms with Crippen molar-refractivity contribution in [3.63, 3.8) is 0 Å². The highest BCUT2D eigenvalue weighted by molar-refractivity contribution is 7.89. The molecule has 7 heteroatoms. The van der Waals surface area contributed by atoms with Crippen LogP contribution >= 0.6 is 0 Å². The van der Waals surface area contributed by atoms with Gasteiger partial charge in [0.1, 0.15) is 4.90 Å². The molecule has 1 fully saturated rings. The van der Waals surface area contributed by atoms with E-state index in [2.05, 4.69) is 15.2 Å². The lowest BCUT2D eigenvalue weighted by atomic mass is 10.1. The Morgan fingerprint density at radius 3 is 2.90 bits per heavy atom. The highest BCUT2D eigenvalue weighted by Gasteiger charge is 2.37. The van der Waals surface area contributed by atoms with Gasteiger partial charge in [0, 0.05) is 18.9 Å². The monoisotopic (exact) mass is 292 g/mol. The predicted octanol–water partition coefficient (Wildman–Crippen LogP) is 1.64. The fraction of sp³-hybridized carbons (Fsp3) is 0.385. The Morgan fingerprint density at radius 2 is 2.25 bits per heavy atom. The van der Waals surface area contributed by atoms with Gasteiger partial charge in [-0.3, -0.25) is 10.1 Å². The van der Waals surface area contributed by atoms with E-state index in [-0.39, 0.29) is 10.9 Å². The van der Waals surface area contributed by atoms with Crippen molar-refractivity contribution >= 4 is 10.0 Å². The van der Waals surface area contributed by atoms with E-state index >= 15 is 0 Å². The summed E-state index contributed by atoms with van der Waals surface area (Å²) in [5.74, 6) is 0. The molecule has 6 nitrogen and oxygen atoms in total. The molecule has 0 saturated carbocycles. The normalized spacial score (nSPS) is 20.4. The summed E-state index contributed by atoms with van der Waals surface area (Å²) >= 11 is 0. The Bertz CT molecular complexity index is 696. The van der Waals surface area contributed by atoms with Crippen LogP contribution in [0.1, 0.15) is 30.1 Å². The molecule has 0 amide bonds. The van der Waals surface area contributed by atoms with E-state index in [9.17, 15) is 8.42 Å².